The second-order valence-corrected chi connectivity index (χ2v) is 3.51. The van der Waals surface area contributed by atoms with E-state index in [0.717, 1.165) is 19.6 Å². The van der Waals surface area contributed by atoms with E-state index in [0.29, 0.717) is 19.6 Å². The van der Waals surface area contributed by atoms with Crippen molar-refractivity contribution < 1.29 is 22.6 Å². The lowest BCUT2D eigenvalue weighted by Crippen LogP contribution is -2.30. The standard InChI is InChI=1S/C10H21F3N2O2/c1-16-8-6-15-5-4-14-3-2-7-17-9-10(11,12)13/h14-15H,2-9H2,1H3. The highest BCUT2D eigenvalue weighted by Gasteiger charge is 2.26. The summed E-state index contributed by atoms with van der Waals surface area (Å²) in [7, 11) is 1.64. The van der Waals surface area contributed by atoms with Crippen LogP contribution in [0.2, 0.25) is 0 Å². The number of hydrogen-bond donors (Lipinski definition) is 2. The maximum Gasteiger partial charge on any atom is 0.411 e. The topological polar surface area (TPSA) is 42.5 Å². The number of nitrogens with one attached hydrogen (secondary N) is 2. The van der Waals surface area contributed by atoms with E-state index in [1.54, 1.807) is 7.11 Å². The van der Waals surface area contributed by atoms with Crippen LogP contribution in [0.4, 0.5) is 13.2 Å². The molecule has 0 aromatic carbocycles. The average Bonchev–Trinajstić information content (AvgIpc) is 2.24. The van der Waals surface area contributed by atoms with Gasteiger partial charge in [-0.1, -0.05) is 0 Å². The van der Waals surface area contributed by atoms with Gasteiger partial charge in [-0.05, 0) is 13.0 Å². The molecule has 0 aliphatic carbocycles. The average molecular weight is 258 g/mol. The fourth-order valence-corrected chi connectivity index (χ4v) is 1.09. The molecule has 0 unspecified atom stereocenters. The van der Waals surface area contributed by atoms with Crippen LogP contribution < -0.4 is 10.6 Å². The van der Waals surface area contributed by atoms with Crippen LogP contribution in [0, 0.1) is 0 Å². The van der Waals surface area contributed by atoms with Gasteiger partial charge < -0.3 is 20.1 Å². The molecule has 0 rings (SSSR count). The Hall–Kier alpha value is -0.370. The Morgan fingerprint density at radius 2 is 1.59 bits per heavy atom. The van der Waals surface area contributed by atoms with Gasteiger partial charge in [-0.25, -0.2) is 0 Å². The molecule has 0 amide bonds. The van der Waals surface area contributed by atoms with Crippen molar-refractivity contribution in [3.63, 3.8) is 0 Å². The van der Waals surface area contributed by atoms with Crippen molar-refractivity contribution >= 4 is 0 Å². The van der Waals surface area contributed by atoms with Crippen molar-refractivity contribution in [3.8, 4) is 0 Å². The third kappa shape index (κ3) is 15.6. The zero-order chi connectivity index (χ0) is 13.0. The highest BCUT2D eigenvalue weighted by molar-refractivity contribution is 4.52. The molecule has 7 heteroatoms. The van der Waals surface area contributed by atoms with Crippen molar-refractivity contribution in [1.82, 2.24) is 10.6 Å². The summed E-state index contributed by atoms with van der Waals surface area (Å²) >= 11 is 0. The molecule has 0 aliphatic rings. The molecule has 0 heterocycles. The lowest BCUT2D eigenvalue weighted by Gasteiger charge is -2.08. The third-order valence-electron chi connectivity index (χ3n) is 1.87. The second kappa shape index (κ2) is 10.8. The van der Waals surface area contributed by atoms with Crippen LogP contribution in [0.15, 0.2) is 0 Å². The molecule has 0 fully saturated rings. The quantitative estimate of drug-likeness (QED) is 0.538. The third-order valence-corrected chi connectivity index (χ3v) is 1.87. The minimum atomic E-state index is -4.22. The van der Waals surface area contributed by atoms with Crippen molar-refractivity contribution in [1.29, 1.82) is 0 Å². The largest absolute Gasteiger partial charge is 0.411 e. The molecule has 0 aliphatic heterocycles. The molecule has 0 saturated carbocycles. The summed E-state index contributed by atoms with van der Waals surface area (Å²) in [5.41, 5.74) is 0. The molecular weight excluding hydrogens is 237 g/mol. The summed E-state index contributed by atoms with van der Waals surface area (Å²) in [6.07, 6.45) is -3.65. The Labute approximate surface area is 99.8 Å². The number of alkyl halides is 3. The Balaban J connectivity index is 2.99. The lowest BCUT2D eigenvalue weighted by atomic mass is 10.4. The fourth-order valence-electron chi connectivity index (χ4n) is 1.09. The number of rotatable bonds is 11. The van der Waals surface area contributed by atoms with E-state index < -0.39 is 12.8 Å². The second-order valence-electron chi connectivity index (χ2n) is 3.51. The monoisotopic (exact) mass is 258 g/mol. The first kappa shape index (κ1) is 16.6. The van der Waals surface area contributed by atoms with Crippen LogP contribution in [0.5, 0.6) is 0 Å². The molecule has 0 spiro atoms. The van der Waals surface area contributed by atoms with Crippen LogP contribution in [-0.4, -0.2) is 59.3 Å². The van der Waals surface area contributed by atoms with E-state index in [1.807, 2.05) is 0 Å². The summed E-state index contributed by atoms with van der Waals surface area (Å²) in [6, 6.07) is 0. The molecule has 4 nitrogen and oxygen atoms in total. The van der Waals surface area contributed by atoms with Gasteiger partial charge in [-0.3, -0.25) is 0 Å². The maximum absolute atomic E-state index is 11.7. The van der Waals surface area contributed by atoms with E-state index in [-0.39, 0.29) is 6.61 Å². The normalized spacial score (nSPS) is 12.0. The van der Waals surface area contributed by atoms with Crippen LogP contribution in [-0.2, 0) is 9.47 Å². The minimum absolute atomic E-state index is 0.129. The zero-order valence-electron chi connectivity index (χ0n) is 10.1. The van der Waals surface area contributed by atoms with Gasteiger partial charge in [-0.15, -0.1) is 0 Å². The van der Waals surface area contributed by atoms with Crippen LogP contribution in [0.3, 0.4) is 0 Å². The fraction of sp³-hybridized carbons (Fsp3) is 1.00. The predicted molar refractivity (Wildman–Crippen MR) is 59.1 cm³/mol. The first-order valence-corrected chi connectivity index (χ1v) is 5.61. The number of ether oxygens (including phenoxy) is 2. The molecule has 0 bridgehead atoms. The van der Waals surface area contributed by atoms with Crippen LogP contribution >= 0.6 is 0 Å². The Morgan fingerprint density at radius 1 is 0.941 bits per heavy atom. The van der Waals surface area contributed by atoms with Crippen molar-refractivity contribution in [3.05, 3.63) is 0 Å². The number of methoxy groups -OCH3 is 1. The van der Waals surface area contributed by atoms with E-state index in [2.05, 4.69) is 15.4 Å². The van der Waals surface area contributed by atoms with Crippen LogP contribution in [0.25, 0.3) is 0 Å². The van der Waals surface area contributed by atoms with Gasteiger partial charge >= 0.3 is 6.18 Å². The van der Waals surface area contributed by atoms with Crippen molar-refractivity contribution in [2.24, 2.45) is 0 Å². The molecule has 0 atom stereocenters. The van der Waals surface area contributed by atoms with Crippen molar-refractivity contribution in [2.45, 2.75) is 12.6 Å². The molecule has 0 saturated heterocycles. The Bertz CT molecular complexity index is 168. The summed E-state index contributed by atoms with van der Waals surface area (Å²) in [5.74, 6) is 0. The molecular formula is C10H21F3N2O2. The highest BCUT2D eigenvalue weighted by atomic mass is 19.4. The molecule has 0 radical (unpaired) electrons. The van der Waals surface area contributed by atoms with Gasteiger partial charge in [0.2, 0.25) is 0 Å². The first-order valence-electron chi connectivity index (χ1n) is 5.61. The van der Waals surface area contributed by atoms with E-state index >= 15 is 0 Å². The van der Waals surface area contributed by atoms with E-state index in [9.17, 15) is 13.2 Å². The Morgan fingerprint density at radius 3 is 2.18 bits per heavy atom. The zero-order valence-corrected chi connectivity index (χ0v) is 10.1. The van der Waals surface area contributed by atoms with Gasteiger partial charge in [-0.2, -0.15) is 13.2 Å². The maximum atomic E-state index is 11.7. The van der Waals surface area contributed by atoms with E-state index in [4.69, 9.17) is 4.74 Å². The number of hydrogen-bond acceptors (Lipinski definition) is 4. The van der Waals surface area contributed by atoms with Crippen LogP contribution in [0.1, 0.15) is 6.42 Å². The predicted octanol–water partition coefficient (Wildman–Crippen LogP) is 0.781. The summed E-state index contributed by atoms with van der Waals surface area (Å²) in [4.78, 5) is 0. The molecule has 17 heavy (non-hydrogen) atoms. The summed E-state index contributed by atoms with van der Waals surface area (Å²) in [6.45, 7) is 2.69. The van der Waals surface area contributed by atoms with Gasteiger partial charge in [0.05, 0.1) is 6.61 Å². The van der Waals surface area contributed by atoms with Crippen molar-refractivity contribution in [2.75, 3.05) is 53.1 Å². The van der Waals surface area contributed by atoms with Gasteiger partial charge in [0.25, 0.3) is 0 Å². The first-order chi connectivity index (χ1) is 8.06. The highest BCUT2D eigenvalue weighted by Crippen LogP contribution is 2.14. The summed E-state index contributed by atoms with van der Waals surface area (Å²) < 4.78 is 44.3. The molecule has 0 aromatic heterocycles. The van der Waals surface area contributed by atoms with E-state index in [1.165, 1.54) is 0 Å². The number of halogens is 3. The van der Waals surface area contributed by atoms with Gasteiger partial charge in [0.1, 0.15) is 6.61 Å². The summed E-state index contributed by atoms with van der Waals surface area (Å²) in [5, 5.41) is 6.24. The van der Waals surface area contributed by atoms with Gasteiger partial charge in [0, 0.05) is 33.4 Å². The lowest BCUT2D eigenvalue weighted by molar-refractivity contribution is -0.173. The molecule has 0 aromatic rings. The smallest absolute Gasteiger partial charge is 0.383 e. The Kier molecular flexibility index (Phi) is 10.5. The molecule has 2 N–H and O–H groups in total. The molecule has 104 valence electrons. The van der Waals surface area contributed by atoms with Gasteiger partial charge in [0.15, 0.2) is 0 Å². The SMILES string of the molecule is COCCNCCNCCCOCC(F)(F)F. The minimum Gasteiger partial charge on any atom is -0.383 e.